The number of hydrogen-bond donors (Lipinski definition) is 2. The molecule has 0 radical (unpaired) electrons. The number of nitrogens with two attached hydrogens (primary N) is 1. The summed E-state index contributed by atoms with van der Waals surface area (Å²) in [5.74, 6) is -0.206. The van der Waals surface area contributed by atoms with E-state index in [1.807, 2.05) is 0 Å². The molecule has 2 aromatic heterocycles. The van der Waals surface area contributed by atoms with E-state index >= 15 is 0 Å². The van der Waals surface area contributed by atoms with Gasteiger partial charge in [0.05, 0.1) is 11.9 Å². The minimum atomic E-state index is -3.31. The quantitative estimate of drug-likeness (QED) is 0.596. The van der Waals surface area contributed by atoms with Crippen LogP contribution in [0.25, 0.3) is 5.69 Å². The third kappa shape index (κ3) is 2.23. The fraction of sp³-hybridized carbons (Fsp3) is 0.100. The molecular weight excluding hydrogens is 254 g/mol. The van der Waals surface area contributed by atoms with Crippen LogP contribution in [0, 0.1) is 5.41 Å². The van der Waals surface area contributed by atoms with E-state index in [4.69, 9.17) is 11.1 Å². The van der Waals surface area contributed by atoms with Crippen LogP contribution in [0.15, 0.2) is 35.6 Å². The molecule has 0 amide bonds. The molecule has 3 N–H and O–H groups in total. The predicted octanol–water partition coefficient (Wildman–Crippen LogP) is -0.0451. The van der Waals surface area contributed by atoms with Gasteiger partial charge in [-0.05, 0) is 12.1 Å². The van der Waals surface area contributed by atoms with Gasteiger partial charge in [-0.25, -0.2) is 13.1 Å². The van der Waals surface area contributed by atoms with Crippen molar-refractivity contribution in [2.75, 3.05) is 6.26 Å². The Hall–Kier alpha value is -2.22. The third-order valence-electron chi connectivity index (χ3n) is 2.28. The molecule has 0 atom stereocenters. The molecule has 18 heavy (non-hydrogen) atoms. The Morgan fingerprint density at radius 1 is 1.50 bits per heavy atom. The summed E-state index contributed by atoms with van der Waals surface area (Å²) in [5.41, 5.74) is 6.11. The van der Waals surface area contributed by atoms with Crippen LogP contribution in [0.3, 0.4) is 0 Å². The van der Waals surface area contributed by atoms with Gasteiger partial charge < -0.3 is 5.73 Å². The van der Waals surface area contributed by atoms with Crippen molar-refractivity contribution < 1.29 is 8.42 Å². The maximum Gasteiger partial charge on any atom is 0.178 e. The van der Waals surface area contributed by atoms with Gasteiger partial charge in [0.15, 0.2) is 9.84 Å². The first-order chi connectivity index (χ1) is 8.39. The van der Waals surface area contributed by atoms with Gasteiger partial charge in [-0.15, -0.1) is 0 Å². The van der Waals surface area contributed by atoms with E-state index in [0.29, 0.717) is 5.69 Å². The first-order valence-corrected chi connectivity index (χ1v) is 6.83. The van der Waals surface area contributed by atoms with Gasteiger partial charge >= 0.3 is 0 Å². The highest BCUT2D eigenvalue weighted by Gasteiger charge is 2.13. The number of rotatable bonds is 3. The Morgan fingerprint density at radius 3 is 2.78 bits per heavy atom. The number of aromatic nitrogens is 3. The van der Waals surface area contributed by atoms with Crippen LogP contribution in [0.1, 0.15) is 5.69 Å². The molecular formula is C10H11N5O2S. The van der Waals surface area contributed by atoms with Gasteiger partial charge in [0, 0.05) is 18.6 Å². The smallest absolute Gasteiger partial charge is 0.178 e. The molecule has 0 bridgehead atoms. The lowest BCUT2D eigenvalue weighted by Gasteiger charge is -2.05. The zero-order chi connectivity index (χ0) is 13.3. The van der Waals surface area contributed by atoms with Crippen LogP contribution >= 0.6 is 0 Å². The topological polar surface area (TPSA) is 115 Å². The molecule has 0 aliphatic heterocycles. The second-order valence-electron chi connectivity index (χ2n) is 3.68. The Bertz CT molecular complexity index is 705. The average Bonchev–Trinajstić information content (AvgIpc) is 2.77. The van der Waals surface area contributed by atoms with Gasteiger partial charge in [0.1, 0.15) is 16.4 Å². The monoisotopic (exact) mass is 265 g/mol. The van der Waals surface area contributed by atoms with Gasteiger partial charge in [0.25, 0.3) is 0 Å². The van der Waals surface area contributed by atoms with E-state index in [1.165, 1.54) is 23.3 Å². The summed E-state index contributed by atoms with van der Waals surface area (Å²) in [5, 5.41) is 11.4. The van der Waals surface area contributed by atoms with Crippen molar-refractivity contribution in [3.8, 4) is 5.69 Å². The van der Waals surface area contributed by atoms with Crippen molar-refractivity contribution >= 4 is 15.7 Å². The molecule has 94 valence electrons. The lowest BCUT2D eigenvalue weighted by atomic mass is 10.3. The summed E-state index contributed by atoms with van der Waals surface area (Å²) < 4.78 is 24.1. The number of hydrogen-bond acceptors (Lipinski definition) is 5. The predicted molar refractivity (Wildman–Crippen MR) is 65.5 cm³/mol. The van der Waals surface area contributed by atoms with Gasteiger partial charge in [-0.3, -0.25) is 10.4 Å². The summed E-state index contributed by atoms with van der Waals surface area (Å²) in [7, 11) is -3.31. The molecule has 0 saturated carbocycles. The molecule has 2 heterocycles. The van der Waals surface area contributed by atoms with E-state index in [0.717, 1.165) is 6.26 Å². The molecule has 8 heteroatoms. The Kier molecular flexibility index (Phi) is 2.87. The molecule has 7 nitrogen and oxygen atoms in total. The lowest BCUT2D eigenvalue weighted by molar-refractivity contribution is 0.602. The van der Waals surface area contributed by atoms with Gasteiger partial charge in [-0.2, -0.15) is 5.10 Å². The maximum atomic E-state index is 11.4. The summed E-state index contributed by atoms with van der Waals surface area (Å²) in [6, 6.07) is 3.31. The lowest BCUT2D eigenvalue weighted by Crippen LogP contribution is -2.16. The van der Waals surface area contributed by atoms with E-state index in [2.05, 4.69) is 10.1 Å². The fourth-order valence-corrected chi connectivity index (χ4v) is 1.95. The van der Waals surface area contributed by atoms with Crippen molar-refractivity contribution in [2.24, 2.45) is 5.73 Å². The van der Waals surface area contributed by atoms with Gasteiger partial charge in [-0.1, -0.05) is 0 Å². The van der Waals surface area contributed by atoms with Crippen molar-refractivity contribution in [1.82, 2.24) is 14.8 Å². The second-order valence-corrected chi connectivity index (χ2v) is 5.69. The van der Waals surface area contributed by atoms with Crippen molar-refractivity contribution in [3.05, 3.63) is 36.4 Å². The molecule has 0 aliphatic rings. The number of sulfone groups is 1. The molecule has 2 aromatic rings. The number of nitrogens with one attached hydrogen (secondary N) is 1. The third-order valence-corrected chi connectivity index (χ3v) is 3.34. The zero-order valence-corrected chi connectivity index (χ0v) is 10.3. The second kappa shape index (κ2) is 4.22. The maximum absolute atomic E-state index is 11.4. The summed E-state index contributed by atoms with van der Waals surface area (Å²) in [4.78, 5) is 4.06. The fourth-order valence-electron chi connectivity index (χ4n) is 1.42. The highest BCUT2D eigenvalue weighted by molar-refractivity contribution is 7.90. The molecule has 0 aromatic carbocycles. The molecule has 0 aliphatic carbocycles. The van der Waals surface area contributed by atoms with Crippen LogP contribution in [0.5, 0.6) is 0 Å². The van der Waals surface area contributed by atoms with Crippen molar-refractivity contribution in [2.45, 2.75) is 4.90 Å². The number of nitrogens with zero attached hydrogens (tertiary/aromatic N) is 3. The summed E-state index contributed by atoms with van der Waals surface area (Å²) in [6.07, 6.45) is 5.20. The minimum absolute atomic E-state index is 0.0980. The van der Waals surface area contributed by atoms with E-state index in [-0.39, 0.29) is 16.4 Å². The highest BCUT2D eigenvalue weighted by atomic mass is 32.2. The number of pyridine rings is 1. The van der Waals surface area contributed by atoms with Crippen LogP contribution in [0.4, 0.5) is 0 Å². The van der Waals surface area contributed by atoms with Crippen LogP contribution in [-0.2, 0) is 9.84 Å². The summed E-state index contributed by atoms with van der Waals surface area (Å²) >= 11 is 0. The van der Waals surface area contributed by atoms with E-state index in [9.17, 15) is 8.42 Å². The van der Waals surface area contributed by atoms with Crippen molar-refractivity contribution in [1.29, 1.82) is 5.41 Å². The van der Waals surface area contributed by atoms with Crippen molar-refractivity contribution in [3.63, 3.8) is 0 Å². The molecule has 0 spiro atoms. The van der Waals surface area contributed by atoms with Gasteiger partial charge in [0.2, 0.25) is 0 Å². The number of amidine groups is 1. The van der Waals surface area contributed by atoms with Crippen LogP contribution < -0.4 is 5.73 Å². The van der Waals surface area contributed by atoms with E-state index in [1.54, 1.807) is 12.1 Å². The Labute approximate surface area is 104 Å². The highest BCUT2D eigenvalue weighted by Crippen LogP contribution is 2.14. The van der Waals surface area contributed by atoms with Crippen LogP contribution in [0.2, 0.25) is 0 Å². The van der Waals surface area contributed by atoms with Crippen LogP contribution in [-0.4, -0.2) is 35.3 Å². The normalized spacial score (nSPS) is 11.4. The summed E-state index contributed by atoms with van der Waals surface area (Å²) in [6.45, 7) is 0. The number of nitrogen functional groups attached to an aromatic ring is 1. The Balaban J connectivity index is 2.57. The first-order valence-electron chi connectivity index (χ1n) is 4.94. The Morgan fingerprint density at radius 2 is 2.22 bits per heavy atom. The average molecular weight is 265 g/mol. The minimum Gasteiger partial charge on any atom is -0.382 e. The molecule has 0 saturated heterocycles. The standard InChI is InChI=1S/C10H11N5O2S/c1-18(16,17)7-5-14-15(6-7)8-3-2-4-13-9(8)10(11)12/h2-6H,1H3,(H3,11,12). The largest absolute Gasteiger partial charge is 0.382 e. The van der Waals surface area contributed by atoms with E-state index < -0.39 is 9.84 Å². The molecule has 0 unspecified atom stereocenters. The zero-order valence-electron chi connectivity index (χ0n) is 9.53. The molecule has 0 fully saturated rings. The first kappa shape index (κ1) is 12.2. The SMILES string of the molecule is CS(=O)(=O)c1cnn(-c2cccnc2C(=N)N)c1. The molecule has 2 rings (SSSR count).